The number of nitrogens with zero attached hydrogens (tertiary/aromatic N) is 2. The van der Waals surface area contributed by atoms with Gasteiger partial charge in [0.05, 0.1) is 42.2 Å². The predicted molar refractivity (Wildman–Crippen MR) is 146 cm³/mol. The lowest BCUT2D eigenvalue weighted by Gasteiger charge is -2.24. The lowest BCUT2D eigenvalue weighted by molar-refractivity contribution is -0.132. The standard InChI is InChI=1S/C29H25FN2O6S/c1-4-37-19-10-6-16(7-11-19)26(33)24-25(17-8-13-21(38-5-2)22(14-17)36-3)32(28(35)27(24)34)29-31-20-12-9-18(30)15-23(20)39-29/h6-15,25,33H,4-5H2,1-3H3. The first kappa shape index (κ1) is 26.2. The number of hydrogen-bond acceptors (Lipinski definition) is 8. The Morgan fingerprint density at radius 1 is 1.00 bits per heavy atom. The van der Waals surface area contributed by atoms with Crippen LogP contribution in [0.5, 0.6) is 17.2 Å². The first-order valence-electron chi connectivity index (χ1n) is 12.3. The minimum Gasteiger partial charge on any atom is -0.507 e. The first-order valence-corrected chi connectivity index (χ1v) is 13.1. The zero-order chi connectivity index (χ0) is 27.7. The molecule has 39 heavy (non-hydrogen) atoms. The zero-order valence-corrected chi connectivity index (χ0v) is 22.3. The zero-order valence-electron chi connectivity index (χ0n) is 21.4. The Bertz CT molecular complexity index is 1600. The number of fused-ring (bicyclic) bond motifs is 1. The summed E-state index contributed by atoms with van der Waals surface area (Å²) in [5, 5.41) is 11.6. The van der Waals surface area contributed by atoms with Crippen LogP contribution in [0.4, 0.5) is 9.52 Å². The molecule has 3 aromatic carbocycles. The van der Waals surface area contributed by atoms with Gasteiger partial charge < -0.3 is 19.3 Å². The number of halogens is 1. The molecule has 1 aliphatic heterocycles. The summed E-state index contributed by atoms with van der Waals surface area (Å²) in [6.45, 7) is 4.59. The Kier molecular flexibility index (Phi) is 7.21. The van der Waals surface area contributed by atoms with Crippen molar-refractivity contribution in [3.8, 4) is 17.2 Å². The minimum absolute atomic E-state index is 0.110. The molecule has 5 rings (SSSR count). The van der Waals surface area contributed by atoms with Crippen molar-refractivity contribution >= 4 is 44.1 Å². The molecule has 0 spiro atoms. The smallest absolute Gasteiger partial charge is 0.301 e. The number of anilines is 1. The first-order chi connectivity index (χ1) is 18.9. The number of benzene rings is 3. The summed E-state index contributed by atoms with van der Waals surface area (Å²) < 4.78 is 31.0. The quantitative estimate of drug-likeness (QED) is 0.167. The van der Waals surface area contributed by atoms with E-state index in [4.69, 9.17) is 14.2 Å². The number of carbonyl (C=O) groups excluding carboxylic acids is 2. The van der Waals surface area contributed by atoms with Crippen LogP contribution in [0.1, 0.15) is 31.0 Å². The molecule has 1 aromatic heterocycles. The topological polar surface area (TPSA) is 98.2 Å². The number of aliphatic hydroxyl groups is 1. The van der Waals surface area contributed by atoms with Gasteiger partial charge in [-0.3, -0.25) is 14.5 Å². The average molecular weight is 549 g/mol. The number of hydrogen-bond donors (Lipinski definition) is 1. The minimum atomic E-state index is -1.04. The highest BCUT2D eigenvalue weighted by molar-refractivity contribution is 7.22. The summed E-state index contributed by atoms with van der Waals surface area (Å²) in [5.74, 6) is -1.03. The number of rotatable bonds is 8. The summed E-state index contributed by atoms with van der Waals surface area (Å²) in [4.78, 5) is 32.7. The number of aromatic nitrogens is 1. The Morgan fingerprint density at radius 2 is 1.74 bits per heavy atom. The van der Waals surface area contributed by atoms with Gasteiger partial charge in [0, 0.05) is 5.56 Å². The Balaban J connectivity index is 1.70. The van der Waals surface area contributed by atoms with Crippen LogP contribution in [0.15, 0.2) is 66.2 Å². The van der Waals surface area contributed by atoms with Crippen molar-refractivity contribution in [2.75, 3.05) is 25.2 Å². The molecule has 1 atom stereocenters. The molecule has 0 saturated carbocycles. The van der Waals surface area contributed by atoms with Gasteiger partial charge in [-0.05, 0) is 74.0 Å². The number of Topliss-reactive ketones (excluding diaryl/α,β-unsaturated/α-hetero) is 1. The van der Waals surface area contributed by atoms with Gasteiger partial charge in [-0.25, -0.2) is 9.37 Å². The molecule has 1 amide bonds. The van der Waals surface area contributed by atoms with E-state index in [0.29, 0.717) is 51.8 Å². The van der Waals surface area contributed by atoms with Crippen molar-refractivity contribution in [3.63, 3.8) is 0 Å². The van der Waals surface area contributed by atoms with E-state index in [0.717, 1.165) is 11.3 Å². The van der Waals surface area contributed by atoms with E-state index in [1.54, 1.807) is 42.5 Å². The SMILES string of the molecule is CCOc1ccc(C(O)=C2C(=O)C(=O)N(c3nc4ccc(F)cc4s3)C2c2ccc(OCC)c(OC)c2)cc1. The monoisotopic (exact) mass is 548 g/mol. The van der Waals surface area contributed by atoms with Crippen molar-refractivity contribution in [2.24, 2.45) is 0 Å². The van der Waals surface area contributed by atoms with Crippen molar-refractivity contribution in [2.45, 2.75) is 19.9 Å². The number of methoxy groups -OCH3 is 1. The lowest BCUT2D eigenvalue weighted by atomic mass is 9.95. The van der Waals surface area contributed by atoms with Crippen molar-refractivity contribution in [1.29, 1.82) is 0 Å². The number of carbonyl (C=O) groups is 2. The normalized spacial score (nSPS) is 16.6. The van der Waals surface area contributed by atoms with E-state index >= 15 is 0 Å². The largest absolute Gasteiger partial charge is 0.507 e. The Hall–Kier alpha value is -4.44. The van der Waals surface area contributed by atoms with E-state index < -0.39 is 23.5 Å². The van der Waals surface area contributed by atoms with Gasteiger partial charge in [0.25, 0.3) is 5.78 Å². The second-order valence-electron chi connectivity index (χ2n) is 8.58. The van der Waals surface area contributed by atoms with Crippen molar-refractivity contribution < 1.29 is 33.3 Å². The summed E-state index contributed by atoms with van der Waals surface area (Å²) in [6, 6.07) is 14.7. The van der Waals surface area contributed by atoms with Gasteiger partial charge in [0.15, 0.2) is 16.6 Å². The highest BCUT2D eigenvalue weighted by Gasteiger charge is 2.48. The van der Waals surface area contributed by atoms with Crippen LogP contribution in [0.3, 0.4) is 0 Å². The summed E-state index contributed by atoms with van der Waals surface area (Å²) in [6.07, 6.45) is 0. The van der Waals surface area contributed by atoms with Gasteiger partial charge in [-0.2, -0.15) is 0 Å². The summed E-state index contributed by atoms with van der Waals surface area (Å²) >= 11 is 1.08. The lowest BCUT2D eigenvalue weighted by Crippen LogP contribution is -2.29. The molecule has 1 N–H and O–H groups in total. The average Bonchev–Trinajstić information content (AvgIpc) is 3.46. The van der Waals surface area contributed by atoms with Gasteiger partial charge in [0.2, 0.25) is 0 Å². The third kappa shape index (κ3) is 4.79. The van der Waals surface area contributed by atoms with Gasteiger partial charge >= 0.3 is 5.91 Å². The third-order valence-corrected chi connectivity index (χ3v) is 7.25. The fourth-order valence-electron chi connectivity index (χ4n) is 4.49. The van der Waals surface area contributed by atoms with Crippen LogP contribution < -0.4 is 19.1 Å². The van der Waals surface area contributed by atoms with Crippen LogP contribution in [-0.4, -0.2) is 42.1 Å². The van der Waals surface area contributed by atoms with Crippen LogP contribution in [-0.2, 0) is 9.59 Å². The summed E-state index contributed by atoms with van der Waals surface area (Å²) in [7, 11) is 1.49. The van der Waals surface area contributed by atoms with Crippen LogP contribution in [0.25, 0.3) is 16.0 Å². The summed E-state index contributed by atoms with van der Waals surface area (Å²) in [5.41, 5.74) is 1.20. The Labute approximate surface area is 227 Å². The van der Waals surface area contributed by atoms with E-state index in [9.17, 15) is 19.1 Å². The Morgan fingerprint density at radius 3 is 2.44 bits per heavy atom. The highest BCUT2D eigenvalue weighted by Crippen LogP contribution is 2.46. The second-order valence-corrected chi connectivity index (χ2v) is 9.59. The number of ketones is 1. The van der Waals surface area contributed by atoms with Crippen molar-refractivity contribution in [1.82, 2.24) is 4.98 Å². The molecule has 1 aliphatic rings. The van der Waals surface area contributed by atoms with Crippen molar-refractivity contribution in [3.05, 3.63) is 83.2 Å². The molecule has 1 fully saturated rings. The molecular weight excluding hydrogens is 523 g/mol. The van der Waals surface area contributed by atoms with Crippen LogP contribution >= 0.6 is 11.3 Å². The number of aliphatic hydroxyl groups excluding tert-OH is 1. The molecule has 0 radical (unpaired) electrons. The van der Waals surface area contributed by atoms with E-state index in [1.165, 1.54) is 30.2 Å². The fourth-order valence-corrected chi connectivity index (χ4v) is 5.51. The van der Waals surface area contributed by atoms with Crippen LogP contribution in [0.2, 0.25) is 0 Å². The van der Waals surface area contributed by atoms with Crippen LogP contribution in [0, 0.1) is 5.82 Å². The highest BCUT2D eigenvalue weighted by atomic mass is 32.1. The molecule has 1 saturated heterocycles. The maximum atomic E-state index is 13.9. The van der Waals surface area contributed by atoms with Gasteiger partial charge in [-0.1, -0.05) is 17.4 Å². The molecule has 2 heterocycles. The number of thiazole rings is 1. The van der Waals surface area contributed by atoms with Gasteiger partial charge in [0.1, 0.15) is 17.3 Å². The van der Waals surface area contributed by atoms with E-state index in [1.807, 2.05) is 13.8 Å². The molecule has 0 aliphatic carbocycles. The van der Waals surface area contributed by atoms with E-state index in [-0.39, 0.29) is 16.5 Å². The molecule has 10 heteroatoms. The number of amides is 1. The fraction of sp³-hybridized carbons (Fsp3) is 0.207. The molecule has 200 valence electrons. The molecule has 4 aromatic rings. The molecule has 1 unspecified atom stereocenters. The van der Waals surface area contributed by atoms with E-state index in [2.05, 4.69) is 4.98 Å². The predicted octanol–water partition coefficient (Wildman–Crippen LogP) is 5.87. The maximum absolute atomic E-state index is 13.9. The maximum Gasteiger partial charge on any atom is 0.301 e. The molecule has 0 bridgehead atoms. The van der Waals surface area contributed by atoms with Gasteiger partial charge in [-0.15, -0.1) is 0 Å². The third-order valence-electron chi connectivity index (χ3n) is 6.23. The molecular formula is C29H25FN2O6S. The molecule has 8 nitrogen and oxygen atoms in total. The number of ether oxygens (including phenoxy) is 3. The second kappa shape index (κ2) is 10.7.